The van der Waals surface area contributed by atoms with Crippen molar-refractivity contribution in [1.29, 1.82) is 0 Å². The number of nitrogens with zero attached hydrogens (tertiary/aromatic N) is 2. The molecule has 2 fully saturated rings. The number of likely N-dealkylation sites (tertiary alicyclic amines) is 2. The van der Waals surface area contributed by atoms with Crippen LogP contribution in [0.1, 0.15) is 46.5 Å². The molecule has 1 N–H and O–H groups in total. The number of hydrogen-bond acceptors (Lipinski definition) is 3. The van der Waals surface area contributed by atoms with E-state index in [1.54, 1.807) is 4.90 Å². The number of rotatable bonds is 1. The number of amides is 3. The Hall–Kier alpha value is -1.46. The first kappa shape index (κ1) is 15.9. The van der Waals surface area contributed by atoms with Gasteiger partial charge in [-0.05, 0) is 46.5 Å². The summed E-state index contributed by atoms with van der Waals surface area (Å²) in [6.45, 7) is 8.61. The normalized spacial score (nSPS) is 20.5. The van der Waals surface area contributed by atoms with Crippen LogP contribution in [0.15, 0.2) is 0 Å². The summed E-state index contributed by atoms with van der Waals surface area (Å²) in [6.07, 6.45) is 3.53. The molecule has 21 heavy (non-hydrogen) atoms. The maximum absolute atomic E-state index is 12.0. The maximum Gasteiger partial charge on any atom is 0.410 e. The fourth-order valence-electron chi connectivity index (χ4n) is 2.72. The molecule has 0 saturated carbocycles. The van der Waals surface area contributed by atoms with Crippen molar-refractivity contribution >= 4 is 12.1 Å². The Morgan fingerprint density at radius 2 is 1.57 bits per heavy atom. The fourth-order valence-corrected chi connectivity index (χ4v) is 2.72. The molecular formula is C15H27N3O3. The number of ether oxygens (including phenoxy) is 1. The second-order valence-electron chi connectivity index (χ2n) is 6.89. The van der Waals surface area contributed by atoms with Gasteiger partial charge in [0.25, 0.3) is 0 Å². The topological polar surface area (TPSA) is 61.9 Å². The second-order valence-corrected chi connectivity index (χ2v) is 6.89. The average Bonchev–Trinajstić information content (AvgIpc) is 2.91. The van der Waals surface area contributed by atoms with Crippen LogP contribution in [0.5, 0.6) is 0 Å². The standard InChI is InChI=1S/C15H27N3O3/c1-15(2,3)21-14(20)18-10-6-12(7-11-18)16-13(19)17-8-4-5-9-17/h12H,4-11H2,1-3H3,(H,16,19). The van der Waals surface area contributed by atoms with Gasteiger partial charge >= 0.3 is 12.1 Å². The predicted molar refractivity (Wildman–Crippen MR) is 80.2 cm³/mol. The van der Waals surface area contributed by atoms with E-state index in [0.717, 1.165) is 38.8 Å². The third-order valence-electron chi connectivity index (χ3n) is 3.87. The Morgan fingerprint density at radius 3 is 2.10 bits per heavy atom. The van der Waals surface area contributed by atoms with Gasteiger partial charge in [-0.25, -0.2) is 9.59 Å². The van der Waals surface area contributed by atoms with Crippen LogP contribution in [0, 0.1) is 0 Å². The van der Waals surface area contributed by atoms with E-state index in [2.05, 4.69) is 5.32 Å². The molecule has 2 saturated heterocycles. The molecule has 0 spiro atoms. The molecular weight excluding hydrogens is 270 g/mol. The molecule has 0 radical (unpaired) electrons. The van der Waals surface area contributed by atoms with Crippen LogP contribution < -0.4 is 5.32 Å². The van der Waals surface area contributed by atoms with Gasteiger partial charge in [-0.15, -0.1) is 0 Å². The Kier molecular flexibility index (Phi) is 4.96. The third-order valence-corrected chi connectivity index (χ3v) is 3.87. The summed E-state index contributed by atoms with van der Waals surface area (Å²) in [5.41, 5.74) is -0.460. The number of carbonyl (C=O) groups is 2. The lowest BCUT2D eigenvalue weighted by molar-refractivity contribution is 0.0200. The molecule has 0 aromatic rings. The van der Waals surface area contributed by atoms with Gasteiger partial charge in [-0.3, -0.25) is 0 Å². The third kappa shape index (κ3) is 4.79. The number of carbonyl (C=O) groups excluding carboxylic acids is 2. The van der Waals surface area contributed by atoms with Crippen molar-refractivity contribution in [2.24, 2.45) is 0 Å². The van der Waals surface area contributed by atoms with E-state index in [1.807, 2.05) is 25.7 Å². The SMILES string of the molecule is CC(C)(C)OC(=O)N1CCC(NC(=O)N2CCCC2)CC1. The lowest BCUT2D eigenvalue weighted by atomic mass is 10.1. The minimum absolute atomic E-state index is 0.0446. The summed E-state index contributed by atoms with van der Waals surface area (Å²) in [7, 11) is 0. The zero-order chi connectivity index (χ0) is 15.5. The van der Waals surface area contributed by atoms with Crippen LogP contribution in [0.4, 0.5) is 9.59 Å². The minimum Gasteiger partial charge on any atom is -0.444 e. The van der Waals surface area contributed by atoms with Gasteiger partial charge < -0.3 is 19.9 Å². The van der Waals surface area contributed by atoms with Crippen molar-refractivity contribution in [1.82, 2.24) is 15.1 Å². The number of piperidine rings is 1. The summed E-state index contributed by atoms with van der Waals surface area (Å²) < 4.78 is 5.37. The van der Waals surface area contributed by atoms with Gasteiger partial charge in [0, 0.05) is 32.2 Å². The Balaban J connectivity index is 1.72. The molecule has 2 aliphatic heterocycles. The van der Waals surface area contributed by atoms with E-state index < -0.39 is 5.60 Å². The molecule has 3 amide bonds. The van der Waals surface area contributed by atoms with Crippen molar-refractivity contribution in [3.63, 3.8) is 0 Å². The van der Waals surface area contributed by atoms with Crippen LogP contribution in [-0.4, -0.2) is 59.7 Å². The van der Waals surface area contributed by atoms with Gasteiger partial charge in [-0.1, -0.05) is 0 Å². The second kappa shape index (κ2) is 6.54. The molecule has 0 unspecified atom stereocenters. The van der Waals surface area contributed by atoms with Crippen molar-refractivity contribution in [3.8, 4) is 0 Å². The molecule has 0 aromatic carbocycles. The van der Waals surface area contributed by atoms with Gasteiger partial charge in [0.2, 0.25) is 0 Å². The highest BCUT2D eigenvalue weighted by Gasteiger charge is 2.28. The van der Waals surface area contributed by atoms with E-state index in [0.29, 0.717) is 13.1 Å². The Labute approximate surface area is 126 Å². The van der Waals surface area contributed by atoms with Gasteiger partial charge in [0.15, 0.2) is 0 Å². The van der Waals surface area contributed by atoms with Crippen molar-refractivity contribution in [2.45, 2.75) is 58.1 Å². The Bertz CT molecular complexity index is 378. The summed E-state index contributed by atoms with van der Waals surface area (Å²) in [4.78, 5) is 27.6. The first-order valence-electron chi connectivity index (χ1n) is 7.88. The molecule has 120 valence electrons. The monoisotopic (exact) mass is 297 g/mol. The zero-order valence-electron chi connectivity index (χ0n) is 13.4. The highest BCUT2D eigenvalue weighted by molar-refractivity contribution is 5.75. The van der Waals surface area contributed by atoms with Crippen molar-refractivity contribution in [2.75, 3.05) is 26.2 Å². The number of urea groups is 1. The molecule has 0 bridgehead atoms. The molecule has 0 aromatic heterocycles. The van der Waals surface area contributed by atoms with Crippen LogP contribution in [0.2, 0.25) is 0 Å². The zero-order valence-corrected chi connectivity index (χ0v) is 13.4. The summed E-state index contributed by atoms with van der Waals surface area (Å²) in [5.74, 6) is 0. The van der Waals surface area contributed by atoms with Crippen LogP contribution in [-0.2, 0) is 4.74 Å². The summed E-state index contributed by atoms with van der Waals surface area (Å²) >= 11 is 0. The Morgan fingerprint density at radius 1 is 1.00 bits per heavy atom. The molecule has 0 aliphatic carbocycles. The van der Waals surface area contributed by atoms with E-state index >= 15 is 0 Å². The number of hydrogen-bond donors (Lipinski definition) is 1. The van der Waals surface area contributed by atoms with Crippen LogP contribution in [0.25, 0.3) is 0 Å². The summed E-state index contributed by atoms with van der Waals surface area (Å²) in [6, 6.07) is 0.208. The lowest BCUT2D eigenvalue weighted by Crippen LogP contribution is -2.50. The van der Waals surface area contributed by atoms with E-state index in [-0.39, 0.29) is 18.2 Å². The molecule has 0 atom stereocenters. The molecule has 6 heteroatoms. The minimum atomic E-state index is -0.460. The highest BCUT2D eigenvalue weighted by atomic mass is 16.6. The lowest BCUT2D eigenvalue weighted by Gasteiger charge is -2.34. The van der Waals surface area contributed by atoms with E-state index in [1.165, 1.54) is 0 Å². The van der Waals surface area contributed by atoms with E-state index in [4.69, 9.17) is 4.74 Å². The fraction of sp³-hybridized carbons (Fsp3) is 0.867. The van der Waals surface area contributed by atoms with Crippen molar-refractivity contribution < 1.29 is 14.3 Å². The first-order chi connectivity index (χ1) is 9.85. The van der Waals surface area contributed by atoms with Gasteiger partial charge in [-0.2, -0.15) is 0 Å². The van der Waals surface area contributed by atoms with Crippen LogP contribution in [0.3, 0.4) is 0 Å². The number of nitrogens with one attached hydrogen (secondary N) is 1. The largest absolute Gasteiger partial charge is 0.444 e. The van der Waals surface area contributed by atoms with Gasteiger partial charge in [0.05, 0.1) is 0 Å². The quantitative estimate of drug-likeness (QED) is 0.807. The maximum atomic E-state index is 12.0. The highest BCUT2D eigenvalue weighted by Crippen LogP contribution is 2.16. The summed E-state index contributed by atoms with van der Waals surface area (Å²) in [5, 5.41) is 3.08. The smallest absolute Gasteiger partial charge is 0.410 e. The molecule has 2 aliphatic rings. The average molecular weight is 297 g/mol. The van der Waals surface area contributed by atoms with Gasteiger partial charge in [0.1, 0.15) is 5.60 Å². The first-order valence-corrected chi connectivity index (χ1v) is 7.88. The van der Waals surface area contributed by atoms with Crippen LogP contribution >= 0.6 is 0 Å². The molecule has 2 rings (SSSR count). The van der Waals surface area contributed by atoms with Crippen molar-refractivity contribution in [3.05, 3.63) is 0 Å². The predicted octanol–water partition coefficient (Wildman–Crippen LogP) is 2.19. The van der Waals surface area contributed by atoms with E-state index in [9.17, 15) is 9.59 Å². The molecule has 6 nitrogen and oxygen atoms in total. The molecule has 2 heterocycles.